The number of furan rings is 1. The first kappa shape index (κ1) is 20.4. The molecular weight excluding hydrogens is 422 g/mol. The average Bonchev–Trinajstić information content (AvgIpc) is 3.48. The van der Waals surface area contributed by atoms with Crippen molar-refractivity contribution in [1.82, 2.24) is 10.2 Å². The summed E-state index contributed by atoms with van der Waals surface area (Å²) in [5.74, 6) is -1.44. The summed E-state index contributed by atoms with van der Waals surface area (Å²) in [7, 11) is 0. The molecule has 1 aliphatic heterocycles. The van der Waals surface area contributed by atoms with E-state index in [1.807, 2.05) is 30.5 Å². The second-order valence-corrected chi connectivity index (χ2v) is 9.03. The topological polar surface area (TPSA) is 96.5 Å². The molecule has 1 N–H and O–H groups in total. The Bertz CT molecular complexity index is 1120. The monoisotopic (exact) mass is 441 g/mol. The highest BCUT2D eigenvalue weighted by atomic mass is 32.2. The number of thioether (sulfide) groups is 1. The molecule has 0 bridgehead atoms. The SMILES string of the molecule is CSc1nnc(N2C(=O)C(O)=C(C(=O)c3ccco3)[C@H]2c2ccc(C(C)C)cc2)s1. The van der Waals surface area contributed by atoms with E-state index in [1.165, 1.54) is 40.3 Å². The lowest BCUT2D eigenvalue weighted by Crippen LogP contribution is -2.31. The van der Waals surface area contributed by atoms with Crippen molar-refractivity contribution in [2.75, 3.05) is 11.2 Å². The number of amides is 1. The third-order valence-corrected chi connectivity index (χ3v) is 6.79. The van der Waals surface area contributed by atoms with Crippen molar-refractivity contribution in [3.8, 4) is 0 Å². The van der Waals surface area contributed by atoms with Gasteiger partial charge in [0.15, 0.2) is 15.9 Å². The molecule has 0 aliphatic carbocycles. The Hall–Kier alpha value is -2.91. The normalized spacial score (nSPS) is 16.7. The summed E-state index contributed by atoms with van der Waals surface area (Å²) in [6.07, 6.45) is 3.24. The molecule has 30 heavy (non-hydrogen) atoms. The van der Waals surface area contributed by atoms with E-state index >= 15 is 0 Å². The summed E-state index contributed by atoms with van der Waals surface area (Å²) in [5.41, 5.74) is 1.78. The van der Waals surface area contributed by atoms with E-state index in [0.717, 1.165) is 5.56 Å². The van der Waals surface area contributed by atoms with E-state index in [2.05, 4.69) is 24.0 Å². The Morgan fingerprint density at radius 1 is 1.23 bits per heavy atom. The van der Waals surface area contributed by atoms with Gasteiger partial charge in [0.2, 0.25) is 10.9 Å². The highest BCUT2D eigenvalue weighted by Crippen LogP contribution is 2.43. The van der Waals surface area contributed by atoms with Crippen LogP contribution in [-0.2, 0) is 4.79 Å². The lowest BCUT2D eigenvalue weighted by Gasteiger charge is -2.24. The van der Waals surface area contributed by atoms with Gasteiger partial charge in [0.05, 0.1) is 17.9 Å². The van der Waals surface area contributed by atoms with Crippen molar-refractivity contribution in [2.24, 2.45) is 0 Å². The molecular formula is C21H19N3O4S2. The van der Waals surface area contributed by atoms with E-state index in [1.54, 1.807) is 6.07 Å². The van der Waals surface area contributed by atoms with Gasteiger partial charge >= 0.3 is 0 Å². The van der Waals surface area contributed by atoms with Gasteiger partial charge in [-0.15, -0.1) is 10.2 Å². The minimum atomic E-state index is -0.834. The zero-order chi connectivity index (χ0) is 21.4. The fourth-order valence-corrected chi connectivity index (χ4v) is 4.62. The van der Waals surface area contributed by atoms with Gasteiger partial charge in [-0.2, -0.15) is 0 Å². The number of anilines is 1. The number of hydrogen-bond acceptors (Lipinski definition) is 8. The number of carbonyl (C=O) groups is 2. The lowest BCUT2D eigenvalue weighted by atomic mass is 9.93. The maximum Gasteiger partial charge on any atom is 0.296 e. The van der Waals surface area contributed by atoms with E-state index in [0.29, 0.717) is 21.0 Å². The molecule has 2 aromatic heterocycles. The molecule has 1 atom stereocenters. The van der Waals surface area contributed by atoms with Gasteiger partial charge in [0.1, 0.15) is 0 Å². The Kier molecular flexibility index (Phi) is 5.48. The van der Waals surface area contributed by atoms with E-state index in [9.17, 15) is 14.7 Å². The summed E-state index contributed by atoms with van der Waals surface area (Å²) in [6.45, 7) is 4.17. The predicted octanol–water partition coefficient (Wildman–Crippen LogP) is 4.76. The quantitative estimate of drug-likeness (QED) is 0.335. The predicted molar refractivity (Wildman–Crippen MR) is 115 cm³/mol. The molecule has 0 spiro atoms. The van der Waals surface area contributed by atoms with Gasteiger partial charge < -0.3 is 9.52 Å². The molecule has 0 fully saturated rings. The van der Waals surface area contributed by atoms with Crippen LogP contribution in [0.3, 0.4) is 0 Å². The molecule has 3 heterocycles. The first-order valence-corrected chi connectivity index (χ1v) is 11.3. The number of rotatable bonds is 6. The first-order chi connectivity index (χ1) is 14.4. The fourth-order valence-electron chi connectivity index (χ4n) is 3.34. The van der Waals surface area contributed by atoms with Crippen molar-refractivity contribution in [3.05, 3.63) is 70.9 Å². The number of ketones is 1. The zero-order valence-electron chi connectivity index (χ0n) is 16.5. The zero-order valence-corrected chi connectivity index (χ0v) is 18.2. The number of hydrogen-bond donors (Lipinski definition) is 1. The lowest BCUT2D eigenvalue weighted by molar-refractivity contribution is -0.117. The van der Waals surface area contributed by atoms with E-state index in [-0.39, 0.29) is 11.3 Å². The van der Waals surface area contributed by atoms with E-state index in [4.69, 9.17) is 4.42 Å². The van der Waals surface area contributed by atoms with Crippen LogP contribution >= 0.6 is 23.1 Å². The van der Waals surface area contributed by atoms with Crippen LogP contribution in [0.5, 0.6) is 0 Å². The Morgan fingerprint density at radius 3 is 2.53 bits per heavy atom. The average molecular weight is 442 g/mol. The van der Waals surface area contributed by atoms with Crippen molar-refractivity contribution < 1.29 is 19.1 Å². The fraction of sp³-hybridized carbons (Fsp3) is 0.238. The van der Waals surface area contributed by atoms with Crippen LogP contribution < -0.4 is 4.90 Å². The van der Waals surface area contributed by atoms with Crippen molar-refractivity contribution in [3.63, 3.8) is 0 Å². The number of aliphatic hydroxyl groups excluding tert-OH is 1. The molecule has 0 saturated heterocycles. The summed E-state index contributed by atoms with van der Waals surface area (Å²) >= 11 is 2.63. The summed E-state index contributed by atoms with van der Waals surface area (Å²) in [6, 6.07) is 9.91. The standard InChI is InChI=1S/C21H19N3O4S2/c1-11(2)12-6-8-13(9-7-12)16-15(17(25)14-5-4-10-28-14)18(26)19(27)24(16)20-22-23-21(29-3)30-20/h4-11,16,26H,1-3H3/t16-/m1/s1. The van der Waals surface area contributed by atoms with Crippen LogP contribution in [0.25, 0.3) is 0 Å². The molecule has 4 rings (SSSR count). The molecule has 7 nitrogen and oxygen atoms in total. The van der Waals surface area contributed by atoms with Gasteiger partial charge in [-0.25, -0.2) is 0 Å². The highest BCUT2D eigenvalue weighted by molar-refractivity contribution is 8.00. The van der Waals surface area contributed by atoms with Crippen LogP contribution in [0.15, 0.2) is 62.8 Å². The van der Waals surface area contributed by atoms with Gasteiger partial charge in [0.25, 0.3) is 5.91 Å². The van der Waals surface area contributed by atoms with Crippen LogP contribution in [0.1, 0.15) is 47.5 Å². The minimum Gasteiger partial charge on any atom is -0.503 e. The second kappa shape index (κ2) is 8.08. The molecule has 9 heteroatoms. The largest absolute Gasteiger partial charge is 0.503 e. The molecule has 0 unspecified atom stereocenters. The van der Waals surface area contributed by atoms with Crippen LogP contribution in [-0.4, -0.2) is 33.3 Å². The van der Waals surface area contributed by atoms with Crippen LogP contribution in [0.2, 0.25) is 0 Å². The number of Topliss-reactive ketones (excluding diaryl/α,β-unsaturated/α-hetero) is 1. The number of nitrogens with zero attached hydrogens (tertiary/aromatic N) is 3. The van der Waals surface area contributed by atoms with Crippen LogP contribution in [0.4, 0.5) is 5.13 Å². The molecule has 0 saturated carbocycles. The summed E-state index contributed by atoms with van der Waals surface area (Å²) < 4.78 is 5.91. The number of aliphatic hydroxyl groups is 1. The van der Waals surface area contributed by atoms with E-state index < -0.39 is 23.5 Å². The van der Waals surface area contributed by atoms with Gasteiger partial charge in [0, 0.05) is 0 Å². The Morgan fingerprint density at radius 2 is 1.97 bits per heavy atom. The Balaban J connectivity index is 1.84. The van der Waals surface area contributed by atoms with Crippen LogP contribution in [0, 0.1) is 0 Å². The van der Waals surface area contributed by atoms with Gasteiger partial charge in [-0.1, -0.05) is 61.2 Å². The number of benzene rings is 1. The highest BCUT2D eigenvalue weighted by Gasteiger charge is 2.46. The number of aromatic nitrogens is 2. The third kappa shape index (κ3) is 3.44. The first-order valence-electron chi connectivity index (χ1n) is 9.24. The molecule has 154 valence electrons. The van der Waals surface area contributed by atoms with Crippen molar-refractivity contribution in [2.45, 2.75) is 30.1 Å². The summed E-state index contributed by atoms with van der Waals surface area (Å²) in [4.78, 5) is 27.5. The molecule has 1 aromatic carbocycles. The third-order valence-electron chi connectivity index (χ3n) is 4.89. The van der Waals surface area contributed by atoms with Crippen molar-refractivity contribution >= 4 is 39.9 Å². The Labute approximate surface area is 181 Å². The maximum atomic E-state index is 13.1. The maximum absolute atomic E-state index is 13.1. The minimum absolute atomic E-state index is 0.0341. The summed E-state index contributed by atoms with van der Waals surface area (Å²) in [5, 5.41) is 19.2. The molecule has 1 aliphatic rings. The van der Waals surface area contributed by atoms with Crippen molar-refractivity contribution in [1.29, 1.82) is 0 Å². The number of carbonyl (C=O) groups excluding carboxylic acids is 2. The molecule has 0 radical (unpaired) electrons. The van der Waals surface area contributed by atoms with Gasteiger partial charge in [-0.05, 0) is 35.4 Å². The molecule has 1 amide bonds. The molecule has 3 aromatic rings. The van der Waals surface area contributed by atoms with Gasteiger partial charge in [-0.3, -0.25) is 14.5 Å². The smallest absolute Gasteiger partial charge is 0.296 e. The second-order valence-electron chi connectivity index (χ2n) is 7.02.